The molecule has 1 aromatic rings. The van der Waals surface area contributed by atoms with Gasteiger partial charge in [-0.3, -0.25) is 14.4 Å². The van der Waals surface area contributed by atoms with Crippen LogP contribution >= 0.6 is 0 Å². The Balaban J connectivity index is 1.66. The monoisotopic (exact) mass is 395 g/mol. The highest BCUT2D eigenvalue weighted by molar-refractivity contribution is 6.23. The van der Waals surface area contributed by atoms with Crippen molar-refractivity contribution < 1.29 is 23.9 Å². The van der Waals surface area contributed by atoms with Gasteiger partial charge in [-0.25, -0.2) is 0 Å². The van der Waals surface area contributed by atoms with Crippen LogP contribution in [0, 0.1) is 0 Å². The van der Waals surface area contributed by atoms with Gasteiger partial charge in [-0.2, -0.15) is 0 Å². The highest BCUT2D eigenvalue weighted by Gasteiger charge is 2.34. The molecule has 0 fully saturated rings. The summed E-state index contributed by atoms with van der Waals surface area (Å²) in [7, 11) is 2.70. The van der Waals surface area contributed by atoms with E-state index >= 15 is 0 Å². The molecule has 0 saturated heterocycles. The Morgan fingerprint density at radius 2 is 1.48 bits per heavy atom. The number of carbonyl (C=O) groups is 3. The molecule has 0 unspecified atom stereocenters. The maximum atomic E-state index is 12.7. The summed E-state index contributed by atoms with van der Waals surface area (Å²) < 4.78 is 10.2. The highest BCUT2D eigenvalue weighted by atomic mass is 16.5. The molecule has 1 aliphatic heterocycles. The summed E-state index contributed by atoms with van der Waals surface area (Å²) in [6.07, 6.45) is 5.47. The Kier molecular flexibility index (Phi) is 6.32. The lowest BCUT2D eigenvalue weighted by Gasteiger charge is -2.20. The second-order valence-electron chi connectivity index (χ2n) is 7.09. The number of Topliss-reactive ketones (excluding diaryl/α,β-unsaturated/α-hetero) is 2. The van der Waals surface area contributed by atoms with Gasteiger partial charge in [0.25, 0.3) is 0 Å². The Labute approximate surface area is 170 Å². The van der Waals surface area contributed by atoms with Crippen LogP contribution < -0.4 is 0 Å². The molecule has 3 rings (SSSR count). The van der Waals surface area contributed by atoms with Gasteiger partial charge in [0.05, 0.1) is 14.2 Å². The maximum absolute atomic E-state index is 12.7. The average Bonchev–Trinajstić information content (AvgIpc) is 3.27. The zero-order valence-electron chi connectivity index (χ0n) is 17.0. The summed E-state index contributed by atoms with van der Waals surface area (Å²) in [5.74, 6) is -0.601. The summed E-state index contributed by atoms with van der Waals surface area (Å²) in [5, 5.41) is 0. The molecule has 2 aliphatic rings. The predicted molar refractivity (Wildman–Crippen MR) is 108 cm³/mol. The molecule has 6 heteroatoms. The van der Waals surface area contributed by atoms with Gasteiger partial charge in [-0.15, -0.1) is 0 Å². The van der Waals surface area contributed by atoms with Crippen LogP contribution in [0.2, 0.25) is 0 Å². The van der Waals surface area contributed by atoms with Gasteiger partial charge in [0.15, 0.2) is 0 Å². The number of benzene rings is 1. The van der Waals surface area contributed by atoms with Crippen LogP contribution in [0.3, 0.4) is 0 Å². The van der Waals surface area contributed by atoms with Gasteiger partial charge in [-0.1, -0.05) is 36.4 Å². The van der Waals surface area contributed by atoms with Gasteiger partial charge in [0, 0.05) is 37.1 Å². The third-order valence-corrected chi connectivity index (χ3v) is 5.30. The van der Waals surface area contributed by atoms with Gasteiger partial charge >= 0.3 is 0 Å². The van der Waals surface area contributed by atoms with E-state index < -0.39 is 0 Å². The van der Waals surface area contributed by atoms with E-state index in [2.05, 4.69) is 0 Å². The van der Waals surface area contributed by atoms with Gasteiger partial charge in [0.1, 0.15) is 0 Å². The summed E-state index contributed by atoms with van der Waals surface area (Å²) in [6.45, 7) is 3.03. The molecule has 29 heavy (non-hydrogen) atoms. The van der Waals surface area contributed by atoms with Gasteiger partial charge in [-0.05, 0) is 24.5 Å². The number of allylic oxidation sites excluding steroid dienone is 2. The quantitative estimate of drug-likeness (QED) is 0.524. The van der Waals surface area contributed by atoms with Crippen molar-refractivity contribution in [2.45, 2.75) is 26.2 Å². The molecular formula is C23H25NO5. The van der Waals surface area contributed by atoms with Crippen LogP contribution in [-0.2, 0) is 36.7 Å². The number of nitrogens with zero attached hydrogens (tertiary/aromatic N) is 1. The number of rotatable bonds is 7. The molecule has 1 heterocycles. The molecule has 1 aromatic carbocycles. The van der Waals surface area contributed by atoms with Gasteiger partial charge in [0.2, 0.25) is 29.0 Å². The number of amides is 1. The zero-order valence-corrected chi connectivity index (χ0v) is 17.0. The minimum Gasteiger partial charge on any atom is -0.489 e. The summed E-state index contributed by atoms with van der Waals surface area (Å²) >= 11 is 0. The second kappa shape index (κ2) is 8.90. The number of methoxy groups -OCH3 is 2. The van der Waals surface area contributed by atoms with Crippen molar-refractivity contribution in [1.29, 1.82) is 0 Å². The molecule has 0 spiro atoms. The first-order valence-corrected chi connectivity index (χ1v) is 9.58. The minimum atomic E-state index is -0.328. The van der Waals surface area contributed by atoms with Crippen molar-refractivity contribution in [1.82, 2.24) is 4.90 Å². The van der Waals surface area contributed by atoms with E-state index in [9.17, 15) is 14.4 Å². The molecular weight excluding hydrogens is 370 g/mol. The van der Waals surface area contributed by atoms with Crippen LogP contribution in [-0.4, -0.2) is 49.7 Å². The molecule has 0 N–H and O–H groups in total. The molecule has 6 nitrogen and oxygen atoms in total. The Morgan fingerprint density at radius 1 is 0.931 bits per heavy atom. The summed E-state index contributed by atoms with van der Waals surface area (Å²) in [5.41, 5.74) is 2.76. The van der Waals surface area contributed by atoms with E-state index in [1.807, 2.05) is 41.3 Å². The van der Waals surface area contributed by atoms with Crippen molar-refractivity contribution in [2.24, 2.45) is 0 Å². The Morgan fingerprint density at radius 3 is 2.07 bits per heavy atom. The number of aryl methyl sites for hydroxylation is 1. The van der Waals surface area contributed by atoms with E-state index in [1.54, 1.807) is 6.92 Å². The minimum absolute atomic E-state index is 0.0491. The van der Waals surface area contributed by atoms with Crippen LogP contribution in [0.15, 0.2) is 59.1 Å². The fourth-order valence-electron chi connectivity index (χ4n) is 3.52. The molecule has 0 atom stereocenters. The molecule has 0 saturated carbocycles. The summed E-state index contributed by atoms with van der Waals surface area (Å²) in [6, 6.07) is 7.78. The van der Waals surface area contributed by atoms with Crippen LogP contribution in [0.1, 0.15) is 24.5 Å². The standard InChI is InChI=1S/C23H25NO5/c1-15-18(21(27)23(29-3)22(28-2)20(15)26)14-17-8-6-16(7-9-17)10-11-19(25)24-12-4-5-13-24/h4-9H,10-14H2,1-3H3. The maximum Gasteiger partial charge on any atom is 0.228 e. The molecule has 1 aliphatic carbocycles. The number of carbonyl (C=O) groups excluding carboxylic acids is 3. The molecule has 1 amide bonds. The SMILES string of the molecule is COC1=C(OC)C(=O)C(Cc2ccc(CCC(=O)N3CC=CC3)cc2)=C(C)C1=O. The van der Waals surface area contributed by atoms with Crippen LogP contribution in [0.5, 0.6) is 0 Å². The fourth-order valence-corrected chi connectivity index (χ4v) is 3.52. The largest absolute Gasteiger partial charge is 0.489 e. The topological polar surface area (TPSA) is 72.9 Å². The van der Waals surface area contributed by atoms with Crippen molar-refractivity contribution in [3.63, 3.8) is 0 Å². The van der Waals surface area contributed by atoms with Crippen LogP contribution in [0.25, 0.3) is 0 Å². The number of ketones is 2. The highest BCUT2D eigenvalue weighted by Crippen LogP contribution is 2.28. The lowest BCUT2D eigenvalue weighted by Crippen LogP contribution is -2.28. The number of ether oxygens (including phenoxy) is 2. The van der Waals surface area contributed by atoms with E-state index in [4.69, 9.17) is 9.47 Å². The van der Waals surface area contributed by atoms with E-state index in [0.717, 1.165) is 11.1 Å². The first kappa shape index (κ1) is 20.6. The van der Waals surface area contributed by atoms with Crippen molar-refractivity contribution in [2.75, 3.05) is 27.3 Å². The number of hydrogen-bond donors (Lipinski definition) is 0. The zero-order chi connectivity index (χ0) is 21.0. The average molecular weight is 395 g/mol. The van der Waals surface area contributed by atoms with Crippen molar-refractivity contribution in [3.05, 3.63) is 70.2 Å². The van der Waals surface area contributed by atoms with E-state index in [1.165, 1.54) is 14.2 Å². The molecule has 0 bridgehead atoms. The van der Waals surface area contributed by atoms with E-state index in [-0.39, 0.29) is 29.0 Å². The van der Waals surface area contributed by atoms with Gasteiger partial charge < -0.3 is 14.4 Å². The summed E-state index contributed by atoms with van der Waals surface area (Å²) in [4.78, 5) is 39.2. The molecule has 152 valence electrons. The first-order valence-electron chi connectivity index (χ1n) is 9.58. The van der Waals surface area contributed by atoms with E-state index in [0.29, 0.717) is 43.5 Å². The third kappa shape index (κ3) is 4.31. The Bertz CT molecular complexity index is 913. The second-order valence-corrected chi connectivity index (χ2v) is 7.09. The molecule has 0 radical (unpaired) electrons. The van der Waals surface area contributed by atoms with Crippen molar-refractivity contribution >= 4 is 17.5 Å². The third-order valence-electron chi connectivity index (χ3n) is 5.30. The predicted octanol–water partition coefficient (Wildman–Crippen LogP) is 2.53. The lowest BCUT2D eigenvalue weighted by molar-refractivity contribution is -0.129. The fraction of sp³-hybridized carbons (Fsp3) is 0.348. The smallest absolute Gasteiger partial charge is 0.228 e. The lowest BCUT2D eigenvalue weighted by atomic mass is 9.88. The van der Waals surface area contributed by atoms with Crippen LogP contribution in [0.4, 0.5) is 0 Å². The first-order chi connectivity index (χ1) is 14.0. The van der Waals surface area contributed by atoms with Crippen molar-refractivity contribution in [3.8, 4) is 0 Å². The molecule has 0 aromatic heterocycles. The Hall–Kier alpha value is -3.15. The number of hydrogen-bond acceptors (Lipinski definition) is 5. The normalized spacial score (nSPS) is 16.7.